The molecular formula is C29H36N4O5S. The van der Waals surface area contributed by atoms with E-state index in [4.69, 9.17) is 4.74 Å². The normalized spacial score (nSPS) is 21.2. The van der Waals surface area contributed by atoms with Gasteiger partial charge < -0.3 is 26.0 Å². The number of fused-ring (bicyclic) bond motifs is 1. The third-order valence-electron chi connectivity index (χ3n) is 7.10. The molecule has 2 heterocycles. The number of hydrogen-bond donors (Lipinski definition) is 4. The average Bonchev–Trinajstić information content (AvgIpc) is 3.50. The van der Waals surface area contributed by atoms with Gasteiger partial charge in [0.25, 0.3) is 0 Å². The van der Waals surface area contributed by atoms with Gasteiger partial charge in [0, 0.05) is 30.3 Å². The Morgan fingerprint density at radius 3 is 2.21 bits per heavy atom. The molecule has 2 fully saturated rings. The van der Waals surface area contributed by atoms with Crippen LogP contribution in [0.5, 0.6) is 0 Å². The van der Waals surface area contributed by atoms with Crippen molar-refractivity contribution >= 4 is 35.6 Å². The van der Waals surface area contributed by atoms with Crippen LogP contribution >= 0.6 is 11.8 Å². The number of benzene rings is 2. The molecule has 0 radical (unpaired) electrons. The lowest BCUT2D eigenvalue weighted by molar-refractivity contribution is -0.145. The number of urea groups is 1. The van der Waals surface area contributed by atoms with Crippen LogP contribution in [0.4, 0.5) is 4.79 Å². The summed E-state index contributed by atoms with van der Waals surface area (Å²) in [6, 6.07) is 17.4. The lowest BCUT2D eigenvalue weighted by Crippen LogP contribution is -2.53. The van der Waals surface area contributed by atoms with Crippen LogP contribution in [0.25, 0.3) is 0 Å². The van der Waals surface area contributed by atoms with E-state index in [0.29, 0.717) is 24.5 Å². The first kappa shape index (κ1) is 28.5. The predicted octanol–water partition coefficient (Wildman–Crippen LogP) is 2.34. The quantitative estimate of drug-likeness (QED) is 0.172. The number of hydrogen-bond acceptors (Lipinski definition) is 6. The first-order chi connectivity index (χ1) is 18.9. The molecule has 0 aliphatic carbocycles. The van der Waals surface area contributed by atoms with E-state index < -0.39 is 24.0 Å². The Labute approximate surface area is 233 Å². The number of amides is 4. The van der Waals surface area contributed by atoms with Crippen LogP contribution in [0.3, 0.4) is 0 Å². The molecule has 4 rings (SSSR count). The third kappa shape index (κ3) is 8.23. The second-order valence-corrected chi connectivity index (χ2v) is 11.2. The van der Waals surface area contributed by atoms with Crippen LogP contribution in [0.1, 0.15) is 36.8 Å². The predicted molar refractivity (Wildman–Crippen MR) is 150 cm³/mol. The van der Waals surface area contributed by atoms with E-state index in [-0.39, 0.29) is 30.4 Å². The molecule has 39 heavy (non-hydrogen) atoms. The molecule has 2 aliphatic rings. The second-order valence-electron chi connectivity index (χ2n) is 9.95. The number of esters is 1. The molecule has 10 heteroatoms. The Balaban J connectivity index is 1.32. The molecule has 208 valence electrons. The fourth-order valence-corrected chi connectivity index (χ4v) is 6.60. The standard InChI is InChI=1S/C29H36N4O5S/c1-38-28(36)22(17-20-12-6-3-7-13-20)31-27(35)21(16-19-10-4-2-5-11-19)30-25(34)15-9-8-14-24-26-23(18-39-24)32-29(37)33-26/h2-7,10-13,21-24,26H,8-9,14-18H2,1H3,(H,30,34)(H,31,35)(H2,32,33,37)/t21-,22-,23-,24-,26-/m0/s1. The Bertz CT molecular complexity index is 1130. The molecule has 0 bridgehead atoms. The summed E-state index contributed by atoms with van der Waals surface area (Å²) in [4.78, 5) is 50.3. The van der Waals surface area contributed by atoms with Crippen LogP contribution in [-0.2, 0) is 32.0 Å². The maximum atomic E-state index is 13.4. The lowest BCUT2D eigenvalue weighted by Gasteiger charge is -2.23. The van der Waals surface area contributed by atoms with Crippen molar-refractivity contribution in [2.75, 3.05) is 12.9 Å². The molecule has 2 aromatic carbocycles. The van der Waals surface area contributed by atoms with E-state index in [9.17, 15) is 19.2 Å². The van der Waals surface area contributed by atoms with Crippen LogP contribution in [0, 0.1) is 0 Å². The van der Waals surface area contributed by atoms with Crippen LogP contribution in [0.15, 0.2) is 60.7 Å². The Kier molecular flexibility index (Phi) is 10.2. The number of nitrogens with one attached hydrogen (secondary N) is 4. The Morgan fingerprint density at radius 2 is 1.56 bits per heavy atom. The zero-order valence-corrected chi connectivity index (χ0v) is 22.9. The summed E-state index contributed by atoms with van der Waals surface area (Å²) in [5.74, 6) is -0.285. The summed E-state index contributed by atoms with van der Waals surface area (Å²) in [5.41, 5.74) is 1.78. The topological polar surface area (TPSA) is 126 Å². The minimum Gasteiger partial charge on any atom is -0.467 e. The van der Waals surface area contributed by atoms with Crippen molar-refractivity contribution in [1.82, 2.24) is 21.3 Å². The highest BCUT2D eigenvalue weighted by Crippen LogP contribution is 2.33. The van der Waals surface area contributed by atoms with E-state index >= 15 is 0 Å². The molecule has 2 aromatic rings. The number of carbonyl (C=O) groups is 4. The smallest absolute Gasteiger partial charge is 0.328 e. The van der Waals surface area contributed by atoms with Crippen molar-refractivity contribution in [1.29, 1.82) is 0 Å². The molecule has 0 spiro atoms. The molecule has 5 atom stereocenters. The SMILES string of the molecule is COC(=O)[C@H](Cc1ccccc1)NC(=O)[C@H](Cc1ccccc1)NC(=O)CCCC[C@@H]1SC[C@@H]2NC(=O)N[C@@H]21. The molecule has 4 amide bonds. The first-order valence-electron chi connectivity index (χ1n) is 13.4. The van der Waals surface area contributed by atoms with Gasteiger partial charge in [0.1, 0.15) is 12.1 Å². The van der Waals surface area contributed by atoms with Gasteiger partial charge in [0.2, 0.25) is 11.8 Å². The van der Waals surface area contributed by atoms with E-state index in [1.807, 2.05) is 72.4 Å². The molecule has 0 unspecified atom stereocenters. The summed E-state index contributed by atoms with van der Waals surface area (Å²) in [7, 11) is 1.29. The lowest BCUT2D eigenvalue weighted by atomic mass is 10.0. The molecule has 2 aliphatic heterocycles. The zero-order valence-electron chi connectivity index (χ0n) is 22.1. The van der Waals surface area contributed by atoms with Gasteiger partial charge in [-0.2, -0.15) is 11.8 Å². The first-order valence-corrected chi connectivity index (χ1v) is 14.4. The highest BCUT2D eigenvalue weighted by atomic mass is 32.2. The fraction of sp³-hybridized carbons (Fsp3) is 0.448. The number of ether oxygens (including phenoxy) is 1. The van der Waals surface area contributed by atoms with Gasteiger partial charge in [-0.3, -0.25) is 9.59 Å². The van der Waals surface area contributed by atoms with E-state index in [1.54, 1.807) is 0 Å². The van der Waals surface area contributed by atoms with Crippen LogP contribution < -0.4 is 21.3 Å². The summed E-state index contributed by atoms with van der Waals surface area (Å²) in [6.45, 7) is 0. The second kappa shape index (κ2) is 14.0. The summed E-state index contributed by atoms with van der Waals surface area (Å²) < 4.78 is 4.93. The number of rotatable bonds is 13. The Hall–Kier alpha value is -3.53. The molecule has 2 saturated heterocycles. The summed E-state index contributed by atoms with van der Waals surface area (Å²) in [6.07, 6.45) is 3.31. The van der Waals surface area contributed by atoms with Crippen molar-refractivity contribution in [2.24, 2.45) is 0 Å². The molecule has 9 nitrogen and oxygen atoms in total. The van der Waals surface area contributed by atoms with E-state index in [1.165, 1.54) is 7.11 Å². The highest BCUT2D eigenvalue weighted by Gasteiger charge is 2.42. The number of unbranched alkanes of at least 4 members (excludes halogenated alkanes) is 1. The average molecular weight is 553 g/mol. The van der Waals surface area contributed by atoms with Crippen molar-refractivity contribution in [3.05, 3.63) is 71.8 Å². The summed E-state index contributed by atoms with van der Waals surface area (Å²) in [5, 5.41) is 12.0. The largest absolute Gasteiger partial charge is 0.467 e. The van der Waals surface area contributed by atoms with Gasteiger partial charge in [0.05, 0.1) is 19.2 Å². The minimum atomic E-state index is -0.876. The van der Waals surface area contributed by atoms with Gasteiger partial charge in [-0.25, -0.2) is 9.59 Å². The number of methoxy groups -OCH3 is 1. The van der Waals surface area contributed by atoms with Crippen LogP contribution in [0.2, 0.25) is 0 Å². The molecule has 0 aromatic heterocycles. The van der Waals surface area contributed by atoms with Crippen molar-refractivity contribution in [2.45, 2.75) is 67.9 Å². The number of thioether (sulfide) groups is 1. The summed E-state index contributed by atoms with van der Waals surface area (Å²) >= 11 is 1.85. The zero-order chi connectivity index (χ0) is 27.6. The van der Waals surface area contributed by atoms with Crippen molar-refractivity contribution < 1.29 is 23.9 Å². The maximum Gasteiger partial charge on any atom is 0.328 e. The maximum absolute atomic E-state index is 13.4. The molecule has 4 N–H and O–H groups in total. The molecule has 0 saturated carbocycles. The highest BCUT2D eigenvalue weighted by molar-refractivity contribution is 8.00. The van der Waals surface area contributed by atoms with Crippen molar-refractivity contribution in [3.8, 4) is 0 Å². The van der Waals surface area contributed by atoms with Gasteiger partial charge in [-0.05, 0) is 24.0 Å². The number of carbonyl (C=O) groups excluding carboxylic acids is 4. The van der Waals surface area contributed by atoms with Crippen molar-refractivity contribution in [3.63, 3.8) is 0 Å². The van der Waals surface area contributed by atoms with Crippen LogP contribution in [-0.4, -0.2) is 66.1 Å². The third-order valence-corrected chi connectivity index (χ3v) is 8.61. The van der Waals surface area contributed by atoms with Gasteiger partial charge >= 0.3 is 12.0 Å². The monoisotopic (exact) mass is 552 g/mol. The van der Waals surface area contributed by atoms with E-state index in [2.05, 4.69) is 21.3 Å². The molecular weight excluding hydrogens is 516 g/mol. The van der Waals surface area contributed by atoms with Gasteiger partial charge in [0.15, 0.2) is 0 Å². The minimum absolute atomic E-state index is 0.101. The van der Waals surface area contributed by atoms with E-state index in [0.717, 1.165) is 29.7 Å². The van der Waals surface area contributed by atoms with Gasteiger partial charge in [-0.15, -0.1) is 0 Å². The van der Waals surface area contributed by atoms with Gasteiger partial charge in [-0.1, -0.05) is 67.1 Å². The fourth-order valence-electron chi connectivity index (χ4n) is 5.06. The Morgan fingerprint density at radius 1 is 0.923 bits per heavy atom.